The Bertz CT molecular complexity index is 1480. The average molecular weight is 666 g/mol. The molecule has 0 amide bonds. The maximum absolute atomic E-state index is 14.3. The van der Waals surface area contributed by atoms with Crippen molar-refractivity contribution < 1.29 is 51.7 Å². The minimum Gasteiger partial charge on any atom is -0.493 e. The van der Waals surface area contributed by atoms with E-state index in [1.165, 1.54) is 26.8 Å². The highest BCUT2D eigenvalue weighted by molar-refractivity contribution is 6.00. The smallest absolute Gasteiger partial charge is 0.431 e. The van der Waals surface area contributed by atoms with Crippen LogP contribution in [-0.4, -0.2) is 73.8 Å². The van der Waals surface area contributed by atoms with Crippen LogP contribution in [-0.2, 0) is 19.1 Å². The normalized spacial score (nSPS) is 15.6. The molecule has 0 aromatic heterocycles. The van der Waals surface area contributed by atoms with E-state index in [1.54, 1.807) is 12.1 Å². The summed E-state index contributed by atoms with van der Waals surface area (Å²) in [5.41, 5.74) is -3.81. The van der Waals surface area contributed by atoms with Crippen LogP contribution in [0.1, 0.15) is 45.1 Å². The fraction of sp³-hybridized carbons (Fsp3) is 0.438. The van der Waals surface area contributed by atoms with Gasteiger partial charge in [0, 0.05) is 29.9 Å². The summed E-state index contributed by atoms with van der Waals surface area (Å²) in [5, 5.41) is 27.1. The van der Waals surface area contributed by atoms with Crippen molar-refractivity contribution in [3.8, 4) is 11.5 Å². The molecule has 2 aromatic rings. The minimum absolute atomic E-state index is 0.0367. The molecule has 256 valence electrons. The molecule has 0 saturated carbocycles. The van der Waals surface area contributed by atoms with Crippen LogP contribution < -0.4 is 20.1 Å². The molecule has 0 aliphatic carbocycles. The highest BCUT2D eigenvalue weighted by atomic mass is 19.4. The van der Waals surface area contributed by atoms with Gasteiger partial charge >= 0.3 is 18.1 Å². The minimum atomic E-state index is -5.09. The number of methoxy groups -OCH3 is 1. The summed E-state index contributed by atoms with van der Waals surface area (Å²) in [6.45, 7) is 5.17. The second kappa shape index (κ2) is 16.8. The molecule has 3 rings (SSSR count). The zero-order chi connectivity index (χ0) is 34.7. The second-order valence-electron chi connectivity index (χ2n) is 10.8. The molecule has 1 aliphatic heterocycles. The third-order valence-corrected chi connectivity index (χ3v) is 6.90. The number of para-hydroxylation sites is 1. The molecule has 47 heavy (non-hydrogen) atoms. The summed E-state index contributed by atoms with van der Waals surface area (Å²) in [4.78, 5) is 37.2. The molecule has 0 radical (unpaired) electrons. The molecule has 12 nitrogen and oxygen atoms in total. The van der Waals surface area contributed by atoms with Gasteiger partial charge in [-0.05, 0) is 58.4 Å². The number of hydrogen-bond acceptors (Lipinski definition) is 11. The first-order chi connectivity index (χ1) is 22.2. The van der Waals surface area contributed by atoms with Crippen LogP contribution in [0.15, 0.2) is 71.1 Å². The number of nitrogens with zero attached hydrogens (tertiary/aromatic N) is 1. The van der Waals surface area contributed by atoms with Crippen molar-refractivity contribution in [3.05, 3.63) is 86.7 Å². The monoisotopic (exact) mass is 665 g/mol. The fourth-order valence-electron chi connectivity index (χ4n) is 4.82. The highest BCUT2D eigenvalue weighted by Crippen LogP contribution is 2.46. The van der Waals surface area contributed by atoms with Gasteiger partial charge in [0.15, 0.2) is 0 Å². The van der Waals surface area contributed by atoms with Crippen molar-refractivity contribution >= 4 is 17.6 Å². The number of carbonyl (C=O) groups excluding carboxylic acids is 2. The third kappa shape index (κ3) is 10.2. The highest BCUT2D eigenvalue weighted by Gasteiger charge is 2.48. The van der Waals surface area contributed by atoms with E-state index in [0.29, 0.717) is 25.1 Å². The average Bonchev–Trinajstić information content (AvgIpc) is 3.02. The third-order valence-electron chi connectivity index (χ3n) is 6.90. The van der Waals surface area contributed by atoms with Crippen LogP contribution in [0.2, 0.25) is 0 Å². The van der Waals surface area contributed by atoms with Gasteiger partial charge < -0.3 is 34.7 Å². The number of rotatable bonds is 16. The number of non-ortho nitro benzene ring substituents is 1. The Balaban J connectivity index is 1.82. The van der Waals surface area contributed by atoms with Gasteiger partial charge in [-0.2, -0.15) is 13.2 Å². The number of carbonyl (C=O) groups is 2. The van der Waals surface area contributed by atoms with E-state index in [1.807, 2.05) is 18.2 Å². The first-order valence-electron chi connectivity index (χ1n) is 14.8. The number of unbranched alkanes of at least 4 members (excludes halogenated alkanes) is 1. The Labute approximate surface area is 269 Å². The Morgan fingerprint density at radius 3 is 2.38 bits per heavy atom. The van der Waals surface area contributed by atoms with E-state index in [4.69, 9.17) is 18.9 Å². The molecule has 2 unspecified atom stereocenters. The summed E-state index contributed by atoms with van der Waals surface area (Å²) < 4.78 is 64.3. The number of nitrogens with one attached hydrogen (secondary N) is 2. The molecule has 0 bridgehead atoms. The van der Waals surface area contributed by atoms with Crippen LogP contribution in [0, 0.1) is 10.1 Å². The fourth-order valence-corrected chi connectivity index (χ4v) is 4.82. The summed E-state index contributed by atoms with van der Waals surface area (Å²) in [6.07, 6.45) is -5.52. The maximum Gasteiger partial charge on any atom is 0.431 e. The number of allylic oxidation sites excluding steroid dienone is 2. The van der Waals surface area contributed by atoms with Gasteiger partial charge in [-0.15, -0.1) is 0 Å². The van der Waals surface area contributed by atoms with Crippen molar-refractivity contribution in [1.82, 2.24) is 10.6 Å². The predicted octanol–water partition coefficient (Wildman–Crippen LogP) is 4.69. The molecular formula is C32H38F3N3O9. The Kier molecular flexibility index (Phi) is 13.2. The van der Waals surface area contributed by atoms with Gasteiger partial charge in [0.2, 0.25) is 0 Å². The zero-order valence-corrected chi connectivity index (χ0v) is 26.4. The zero-order valence-electron chi connectivity index (χ0n) is 26.4. The van der Waals surface area contributed by atoms with Gasteiger partial charge in [-0.25, -0.2) is 9.59 Å². The molecule has 0 spiro atoms. The molecule has 3 N–H and O–H groups in total. The number of nitro benzene ring substituents is 1. The van der Waals surface area contributed by atoms with Crippen molar-refractivity contribution in [3.63, 3.8) is 0 Å². The first-order valence-corrected chi connectivity index (χ1v) is 14.8. The second-order valence-corrected chi connectivity index (χ2v) is 10.8. The van der Waals surface area contributed by atoms with Crippen LogP contribution in [0.25, 0.3) is 0 Å². The molecule has 15 heteroatoms. The number of ether oxygens (including phenoxy) is 4. The Morgan fingerprint density at radius 2 is 1.77 bits per heavy atom. The number of hydrogen-bond donors (Lipinski definition) is 3. The quantitative estimate of drug-likeness (QED) is 0.0989. The van der Waals surface area contributed by atoms with Crippen LogP contribution in [0.5, 0.6) is 11.5 Å². The van der Waals surface area contributed by atoms with Gasteiger partial charge in [0.1, 0.15) is 29.9 Å². The van der Waals surface area contributed by atoms with E-state index >= 15 is 0 Å². The van der Waals surface area contributed by atoms with E-state index in [-0.39, 0.29) is 42.3 Å². The summed E-state index contributed by atoms with van der Waals surface area (Å²) >= 11 is 0. The lowest BCUT2D eigenvalue weighted by molar-refractivity contribution is -0.384. The van der Waals surface area contributed by atoms with E-state index in [2.05, 4.69) is 10.6 Å². The number of halogens is 3. The van der Waals surface area contributed by atoms with Gasteiger partial charge in [-0.1, -0.05) is 18.2 Å². The Hall–Kier alpha value is -4.63. The number of aliphatic hydroxyl groups is 1. The van der Waals surface area contributed by atoms with Crippen molar-refractivity contribution in [2.45, 2.75) is 57.9 Å². The summed E-state index contributed by atoms with van der Waals surface area (Å²) in [7, 11) is 0.881. The number of aliphatic hydroxyl groups excluding tert-OH is 1. The lowest BCUT2D eigenvalue weighted by Crippen LogP contribution is -2.38. The molecular weight excluding hydrogens is 627 g/mol. The molecule has 2 aromatic carbocycles. The van der Waals surface area contributed by atoms with Crippen LogP contribution in [0.3, 0.4) is 0 Å². The van der Waals surface area contributed by atoms with Gasteiger partial charge in [-0.3, -0.25) is 10.1 Å². The van der Waals surface area contributed by atoms with Gasteiger partial charge in [0.05, 0.1) is 41.8 Å². The van der Waals surface area contributed by atoms with Crippen molar-refractivity contribution in [2.75, 3.05) is 33.4 Å². The predicted molar refractivity (Wildman–Crippen MR) is 164 cm³/mol. The Morgan fingerprint density at radius 1 is 1.06 bits per heavy atom. The molecule has 1 aliphatic rings. The molecule has 0 fully saturated rings. The lowest BCUT2D eigenvalue weighted by atomic mass is 9.79. The first kappa shape index (κ1) is 36.8. The molecule has 2 atom stereocenters. The summed E-state index contributed by atoms with van der Waals surface area (Å²) in [5.74, 6) is -3.66. The molecule has 1 heterocycles. The number of benzene rings is 2. The van der Waals surface area contributed by atoms with Crippen molar-refractivity contribution in [1.29, 1.82) is 0 Å². The topological polar surface area (TPSA) is 158 Å². The van der Waals surface area contributed by atoms with Crippen LogP contribution >= 0.6 is 0 Å². The number of dihydropyridines is 1. The standard InChI is InChI=1S/C32H38F3N3O9/c1-19(2)47-31(41)26-20(3)37-29(32(33,34)35)28(30(40)44-4)27(26)24-16-21(38(42)43)12-13-25(24)45-15-9-8-14-36-17-22(39)18-46-23-10-6-5-7-11-23/h5-7,10-13,16,19,22,27,36-37,39H,8-9,14-15,17-18H2,1-4H3. The van der Waals surface area contributed by atoms with E-state index in [9.17, 15) is 38.0 Å². The van der Waals surface area contributed by atoms with Gasteiger partial charge in [0.25, 0.3) is 5.69 Å². The van der Waals surface area contributed by atoms with Crippen molar-refractivity contribution in [2.24, 2.45) is 0 Å². The maximum atomic E-state index is 14.3. The molecule has 0 saturated heterocycles. The SMILES string of the molecule is COC(=O)C1=C(C(F)(F)F)NC(C)=C(C(=O)OC(C)C)C1c1cc([N+](=O)[O-])ccc1OCCCCNCC(O)COc1ccccc1. The van der Waals surface area contributed by atoms with E-state index in [0.717, 1.165) is 19.2 Å². The van der Waals surface area contributed by atoms with E-state index < -0.39 is 58.1 Å². The summed E-state index contributed by atoms with van der Waals surface area (Å²) in [6, 6.07) is 12.3. The number of esters is 2. The van der Waals surface area contributed by atoms with Crippen LogP contribution in [0.4, 0.5) is 18.9 Å². The number of nitro groups is 1. The lowest BCUT2D eigenvalue weighted by Gasteiger charge is -2.32. The largest absolute Gasteiger partial charge is 0.493 e. The number of alkyl halides is 3.